The van der Waals surface area contributed by atoms with E-state index in [0.717, 1.165) is 12.8 Å². The van der Waals surface area contributed by atoms with Gasteiger partial charge in [-0.15, -0.1) is 0 Å². The second-order valence-electron chi connectivity index (χ2n) is 5.24. The number of aromatic nitrogens is 2. The van der Waals surface area contributed by atoms with Crippen molar-refractivity contribution in [3.63, 3.8) is 0 Å². The van der Waals surface area contributed by atoms with E-state index in [4.69, 9.17) is 5.11 Å². The van der Waals surface area contributed by atoms with Crippen LogP contribution < -0.4 is 5.32 Å². The van der Waals surface area contributed by atoms with Crippen LogP contribution in [0.2, 0.25) is 0 Å². The van der Waals surface area contributed by atoms with E-state index in [9.17, 15) is 4.79 Å². The van der Waals surface area contributed by atoms with Gasteiger partial charge in [0.1, 0.15) is 5.56 Å². The van der Waals surface area contributed by atoms with Crippen LogP contribution in [0.1, 0.15) is 35.0 Å². The van der Waals surface area contributed by atoms with Crippen molar-refractivity contribution in [1.29, 1.82) is 0 Å². The van der Waals surface area contributed by atoms with Crippen LogP contribution in [0, 0.1) is 0 Å². The zero-order chi connectivity index (χ0) is 15.2. The largest absolute Gasteiger partial charge is 0.478 e. The number of carboxylic acid groups (broad SMARTS) is 1. The Balaban J connectivity index is 1.85. The highest BCUT2D eigenvalue weighted by Crippen LogP contribution is 2.09. The van der Waals surface area contributed by atoms with Crippen molar-refractivity contribution >= 4 is 5.97 Å². The van der Waals surface area contributed by atoms with Gasteiger partial charge in [0.2, 0.25) is 0 Å². The third-order valence-corrected chi connectivity index (χ3v) is 3.62. The standard InChI is InChI=1S/C16H21N3O2/c1-12(8-9-13-6-4-3-5-7-13)17-11-15-14(16(20)21)10-18-19(15)2/h3-7,10,12,17H,8-9,11H2,1-2H3,(H,20,21). The van der Waals surface area contributed by atoms with E-state index in [1.165, 1.54) is 11.8 Å². The van der Waals surface area contributed by atoms with Gasteiger partial charge in [0.15, 0.2) is 0 Å². The van der Waals surface area contributed by atoms with Gasteiger partial charge in [0.05, 0.1) is 11.9 Å². The molecule has 2 rings (SSSR count). The van der Waals surface area contributed by atoms with Crippen LogP contribution >= 0.6 is 0 Å². The zero-order valence-corrected chi connectivity index (χ0v) is 12.4. The predicted molar refractivity (Wildman–Crippen MR) is 81.2 cm³/mol. The quantitative estimate of drug-likeness (QED) is 0.819. The molecule has 5 heteroatoms. The monoisotopic (exact) mass is 287 g/mol. The second kappa shape index (κ2) is 7.04. The minimum absolute atomic E-state index is 0.264. The van der Waals surface area contributed by atoms with E-state index in [0.29, 0.717) is 18.3 Å². The number of nitrogens with one attached hydrogen (secondary N) is 1. The fourth-order valence-electron chi connectivity index (χ4n) is 2.25. The molecule has 5 nitrogen and oxygen atoms in total. The first kappa shape index (κ1) is 15.3. The Hall–Kier alpha value is -2.14. The molecule has 0 aliphatic rings. The van der Waals surface area contributed by atoms with Crippen molar-refractivity contribution < 1.29 is 9.90 Å². The van der Waals surface area contributed by atoms with E-state index in [1.54, 1.807) is 11.7 Å². The fourth-order valence-corrected chi connectivity index (χ4v) is 2.25. The molecule has 0 radical (unpaired) electrons. The summed E-state index contributed by atoms with van der Waals surface area (Å²) in [6.45, 7) is 2.62. The lowest BCUT2D eigenvalue weighted by Crippen LogP contribution is -2.27. The predicted octanol–water partition coefficient (Wildman–Crippen LogP) is 2.23. The van der Waals surface area contributed by atoms with Crippen LogP contribution in [-0.2, 0) is 20.0 Å². The summed E-state index contributed by atoms with van der Waals surface area (Å²) in [7, 11) is 1.76. The van der Waals surface area contributed by atoms with Crippen molar-refractivity contribution in [1.82, 2.24) is 15.1 Å². The van der Waals surface area contributed by atoms with Gasteiger partial charge in [-0.3, -0.25) is 4.68 Å². The SMILES string of the molecule is CC(CCc1ccccc1)NCc1c(C(=O)O)cnn1C. The molecule has 1 aromatic heterocycles. The highest BCUT2D eigenvalue weighted by Gasteiger charge is 2.15. The molecule has 0 bridgehead atoms. The molecule has 1 unspecified atom stereocenters. The number of aromatic carboxylic acids is 1. The summed E-state index contributed by atoms with van der Waals surface area (Å²) in [4.78, 5) is 11.1. The fraction of sp³-hybridized carbons (Fsp3) is 0.375. The Morgan fingerprint density at radius 2 is 2.10 bits per heavy atom. The van der Waals surface area contributed by atoms with Gasteiger partial charge in [-0.1, -0.05) is 30.3 Å². The minimum Gasteiger partial charge on any atom is -0.478 e. The maximum Gasteiger partial charge on any atom is 0.339 e. The summed E-state index contributed by atoms with van der Waals surface area (Å²) in [6.07, 6.45) is 3.41. The lowest BCUT2D eigenvalue weighted by atomic mass is 10.1. The van der Waals surface area contributed by atoms with Crippen LogP contribution in [0.3, 0.4) is 0 Å². The average molecular weight is 287 g/mol. The maximum atomic E-state index is 11.1. The number of hydrogen-bond donors (Lipinski definition) is 2. The van der Waals surface area contributed by atoms with Crippen molar-refractivity contribution in [2.75, 3.05) is 0 Å². The molecule has 0 saturated heterocycles. The van der Waals surface area contributed by atoms with E-state index in [1.807, 2.05) is 18.2 Å². The molecule has 0 spiro atoms. The second-order valence-corrected chi connectivity index (χ2v) is 5.24. The van der Waals surface area contributed by atoms with Gasteiger partial charge in [-0.25, -0.2) is 4.79 Å². The Morgan fingerprint density at radius 3 is 2.76 bits per heavy atom. The Labute approximate surface area is 124 Å². The van der Waals surface area contributed by atoms with E-state index in [-0.39, 0.29) is 5.56 Å². The topological polar surface area (TPSA) is 67.2 Å². The number of aryl methyl sites for hydroxylation is 2. The van der Waals surface area contributed by atoms with E-state index < -0.39 is 5.97 Å². The molecular weight excluding hydrogens is 266 g/mol. The summed E-state index contributed by atoms with van der Waals surface area (Å²) in [5.41, 5.74) is 2.28. The number of carboxylic acids is 1. The molecule has 1 atom stereocenters. The average Bonchev–Trinajstić information content (AvgIpc) is 2.85. The number of rotatable bonds is 7. The molecule has 0 aliphatic heterocycles. The van der Waals surface area contributed by atoms with E-state index in [2.05, 4.69) is 29.5 Å². The summed E-state index contributed by atoms with van der Waals surface area (Å²) in [5, 5.41) is 16.5. The summed E-state index contributed by atoms with van der Waals surface area (Å²) < 4.78 is 1.61. The molecule has 21 heavy (non-hydrogen) atoms. The van der Waals surface area contributed by atoms with Gasteiger partial charge in [-0.05, 0) is 25.3 Å². The molecule has 2 N–H and O–H groups in total. The molecule has 0 aliphatic carbocycles. The third kappa shape index (κ3) is 4.16. The third-order valence-electron chi connectivity index (χ3n) is 3.62. The van der Waals surface area contributed by atoms with Gasteiger partial charge >= 0.3 is 5.97 Å². The first-order valence-electron chi connectivity index (χ1n) is 7.09. The van der Waals surface area contributed by atoms with E-state index >= 15 is 0 Å². The molecule has 1 aromatic carbocycles. The highest BCUT2D eigenvalue weighted by molar-refractivity contribution is 5.88. The summed E-state index contributed by atoms with van der Waals surface area (Å²) in [6, 6.07) is 10.7. The Kier molecular flexibility index (Phi) is 5.11. The first-order chi connectivity index (χ1) is 10.1. The summed E-state index contributed by atoms with van der Waals surface area (Å²) in [5.74, 6) is -0.933. The lowest BCUT2D eigenvalue weighted by Gasteiger charge is -2.14. The molecule has 0 fully saturated rings. The van der Waals surface area contributed by atoms with Crippen LogP contribution in [-0.4, -0.2) is 26.9 Å². The zero-order valence-electron chi connectivity index (χ0n) is 12.4. The Bertz CT molecular complexity index is 593. The van der Waals surface area contributed by atoms with Gasteiger partial charge < -0.3 is 10.4 Å². The highest BCUT2D eigenvalue weighted by atomic mass is 16.4. The first-order valence-corrected chi connectivity index (χ1v) is 7.09. The Morgan fingerprint density at radius 1 is 1.38 bits per heavy atom. The molecular formula is C16H21N3O2. The summed E-state index contributed by atoms with van der Waals surface area (Å²) >= 11 is 0. The molecule has 2 aromatic rings. The molecule has 0 amide bonds. The van der Waals surface area contributed by atoms with Gasteiger partial charge in [0, 0.05) is 19.6 Å². The number of carbonyl (C=O) groups is 1. The van der Waals surface area contributed by atoms with Crippen LogP contribution in [0.5, 0.6) is 0 Å². The molecule has 112 valence electrons. The number of nitrogens with zero attached hydrogens (tertiary/aromatic N) is 2. The molecule has 0 saturated carbocycles. The minimum atomic E-state index is -0.933. The van der Waals surface area contributed by atoms with Crippen molar-refractivity contribution in [3.8, 4) is 0 Å². The van der Waals surface area contributed by atoms with Crippen LogP contribution in [0.25, 0.3) is 0 Å². The van der Waals surface area contributed by atoms with Crippen LogP contribution in [0.15, 0.2) is 36.5 Å². The van der Waals surface area contributed by atoms with Gasteiger partial charge in [0.25, 0.3) is 0 Å². The number of hydrogen-bond acceptors (Lipinski definition) is 3. The van der Waals surface area contributed by atoms with Crippen molar-refractivity contribution in [2.45, 2.75) is 32.4 Å². The van der Waals surface area contributed by atoms with Crippen molar-refractivity contribution in [2.24, 2.45) is 7.05 Å². The number of benzene rings is 1. The lowest BCUT2D eigenvalue weighted by molar-refractivity contribution is 0.0695. The normalized spacial score (nSPS) is 12.3. The van der Waals surface area contributed by atoms with Crippen LogP contribution in [0.4, 0.5) is 0 Å². The molecule has 1 heterocycles. The maximum absolute atomic E-state index is 11.1. The van der Waals surface area contributed by atoms with Crippen molar-refractivity contribution in [3.05, 3.63) is 53.3 Å². The van der Waals surface area contributed by atoms with Gasteiger partial charge in [-0.2, -0.15) is 5.10 Å². The smallest absolute Gasteiger partial charge is 0.339 e.